The van der Waals surface area contributed by atoms with E-state index in [1.165, 1.54) is 22.3 Å². The highest BCUT2D eigenvalue weighted by Crippen LogP contribution is 2.56. The lowest BCUT2D eigenvalue weighted by Crippen LogP contribution is -2.52. The fourth-order valence-electron chi connectivity index (χ4n) is 4.94. The first-order valence-corrected chi connectivity index (χ1v) is 8.46. The predicted octanol–water partition coefficient (Wildman–Crippen LogP) is 3.27. The highest BCUT2D eigenvalue weighted by atomic mass is 16.2. The minimum atomic E-state index is -0.688. The zero-order valence-electron chi connectivity index (χ0n) is 13.7. The number of hydrogen-bond acceptors (Lipinski definition) is 2. The molecule has 2 aliphatic carbocycles. The van der Waals surface area contributed by atoms with E-state index in [-0.39, 0.29) is 17.4 Å². The van der Waals surface area contributed by atoms with E-state index in [2.05, 4.69) is 48.7 Å². The molecule has 1 saturated carbocycles. The second-order valence-corrected chi connectivity index (χ2v) is 7.08. The van der Waals surface area contributed by atoms with E-state index in [9.17, 15) is 9.59 Å². The number of allylic oxidation sites excluding steroid dienone is 2. The molecule has 1 aromatic carbocycles. The predicted molar refractivity (Wildman–Crippen MR) is 88.9 cm³/mol. The Balaban J connectivity index is 1.73. The Hall–Kier alpha value is -2.10. The molecular weight excluding hydrogens is 288 g/mol. The van der Waals surface area contributed by atoms with Crippen molar-refractivity contribution in [3.63, 3.8) is 0 Å². The summed E-state index contributed by atoms with van der Waals surface area (Å²) >= 11 is 0. The maximum atomic E-state index is 12.2. The van der Waals surface area contributed by atoms with Crippen molar-refractivity contribution in [2.45, 2.75) is 56.9 Å². The van der Waals surface area contributed by atoms with Crippen molar-refractivity contribution in [2.75, 3.05) is 0 Å². The van der Waals surface area contributed by atoms with E-state index in [4.69, 9.17) is 0 Å². The standard InChI is InChI=1S/C19H22N2O2/c1-3-13-12(2)18(15-7-5-4-6-14(13)15)8-10-19(11-9-18)16(22)20-17(23)21-19/h4-7H,3,8-11H2,1-2H3,(H2,20,21,22,23). The molecule has 3 aliphatic rings. The van der Waals surface area contributed by atoms with Gasteiger partial charge in [0.2, 0.25) is 0 Å². The minimum Gasteiger partial charge on any atom is -0.323 e. The van der Waals surface area contributed by atoms with Crippen LogP contribution < -0.4 is 10.6 Å². The van der Waals surface area contributed by atoms with Gasteiger partial charge in [-0.15, -0.1) is 0 Å². The molecule has 23 heavy (non-hydrogen) atoms. The summed E-state index contributed by atoms with van der Waals surface area (Å²) in [5, 5.41) is 5.28. The summed E-state index contributed by atoms with van der Waals surface area (Å²) < 4.78 is 0. The molecule has 0 atom stereocenters. The molecule has 2 N–H and O–H groups in total. The van der Waals surface area contributed by atoms with Gasteiger partial charge in [-0.1, -0.05) is 36.8 Å². The second kappa shape index (κ2) is 4.70. The number of imide groups is 1. The van der Waals surface area contributed by atoms with Crippen LogP contribution in [0, 0.1) is 0 Å². The van der Waals surface area contributed by atoms with Crippen LogP contribution in [0.3, 0.4) is 0 Å². The van der Waals surface area contributed by atoms with Gasteiger partial charge in [0.05, 0.1) is 0 Å². The highest BCUT2D eigenvalue weighted by molar-refractivity contribution is 6.07. The van der Waals surface area contributed by atoms with Gasteiger partial charge in [-0.25, -0.2) is 4.79 Å². The van der Waals surface area contributed by atoms with Crippen LogP contribution >= 0.6 is 0 Å². The fourth-order valence-corrected chi connectivity index (χ4v) is 4.94. The Morgan fingerprint density at radius 3 is 2.39 bits per heavy atom. The Bertz CT molecular complexity index is 739. The fraction of sp³-hybridized carbons (Fsp3) is 0.474. The van der Waals surface area contributed by atoms with Crippen LogP contribution in [0.4, 0.5) is 4.79 Å². The van der Waals surface area contributed by atoms with E-state index in [1.54, 1.807) is 0 Å². The zero-order chi connectivity index (χ0) is 16.2. The molecule has 1 heterocycles. The molecular formula is C19H22N2O2. The summed E-state index contributed by atoms with van der Waals surface area (Å²) in [7, 11) is 0. The van der Waals surface area contributed by atoms with Crippen molar-refractivity contribution >= 4 is 17.5 Å². The van der Waals surface area contributed by atoms with Crippen molar-refractivity contribution < 1.29 is 9.59 Å². The third-order valence-electron chi connectivity index (χ3n) is 6.26. The SMILES string of the molecule is CCC1=C(C)C2(CCC3(CC2)NC(=O)NC3=O)c2ccccc21. The number of benzene rings is 1. The van der Waals surface area contributed by atoms with Gasteiger partial charge >= 0.3 is 6.03 Å². The highest BCUT2D eigenvalue weighted by Gasteiger charge is 2.54. The number of carbonyl (C=O) groups is 2. The van der Waals surface area contributed by atoms with Gasteiger partial charge in [0, 0.05) is 5.41 Å². The molecule has 3 amide bonds. The van der Waals surface area contributed by atoms with Crippen LogP contribution in [0.25, 0.3) is 5.57 Å². The first kappa shape index (κ1) is 14.5. The van der Waals surface area contributed by atoms with Gasteiger partial charge in [0.15, 0.2) is 0 Å². The quantitative estimate of drug-likeness (QED) is 0.782. The zero-order valence-corrected chi connectivity index (χ0v) is 13.7. The average molecular weight is 310 g/mol. The average Bonchev–Trinajstić information content (AvgIpc) is 2.95. The molecule has 2 spiro atoms. The van der Waals surface area contributed by atoms with Crippen LogP contribution in [0.5, 0.6) is 0 Å². The molecule has 1 aliphatic heterocycles. The molecule has 0 bridgehead atoms. The van der Waals surface area contributed by atoms with Crippen LogP contribution in [-0.4, -0.2) is 17.5 Å². The molecule has 0 aromatic heterocycles. The van der Waals surface area contributed by atoms with E-state index in [0.717, 1.165) is 19.3 Å². The van der Waals surface area contributed by atoms with Gasteiger partial charge in [0.25, 0.3) is 5.91 Å². The minimum absolute atomic E-state index is 0.0424. The maximum Gasteiger partial charge on any atom is 0.322 e. The largest absolute Gasteiger partial charge is 0.323 e. The molecule has 4 rings (SSSR count). The Morgan fingerprint density at radius 2 is 1.78 bits per heavy atom. The lowest BCUT2D eigenvalue weighted by Gasteiger charge is -2.43. The molecule has 120 valence electrons. The molecule has 1 saturated heterocycles. The van der Waals surface area contributed by atoms with E-state index < -0.39 is 5.54 Å². The van der Waals surface area contributed by atoms with Gasteiger partial charge in [-0.3, -0.25) is 10.1 Å². The number of hydrogen-bond donors (Lipinski definition) is 2. The monoisotopic (exact) mass is 310 g/mol. The van der Waals surface area contributed by atoms with Crippen molar-refractivity contribution in [3.8, 4) is 0 Å². The van der Waals surface area contributed by atoms with E-state index in [1.807, 2.05) is 0 Å². The lowest BCUT2D eigenvalue weighted by atomic mass is 9.62. The number of carbonyl (C=O) groups excluding carboxylic acids is 2. The van der Waals surface area contributed by atoms with Crippen LogP contribution in [0.15, 0.2) is 29.8 Å². The summed E-state index contributed by atoms with van der Waals surface area (Å²) in [5.41, 5.74) is 5.06. The Kier molecular flexibility index (Phi) is 2.96. The summed E-state index contributed by atoms with van der Waals surface area (Å²) in [4.78, 5) is 23.8. The van der Waals surface area contributed by atoms with Gasteiger partial charge in [-0.05, 0) is 55.7 Å². The van der Waals surface area contributed by atoms with E-state index >= 15 is 0 Å². The number of nitrogens with one attached hydrogen (secondary N) is 2. The van der Waals surface area contributed by atoms with Crippen molar-refractivity contribution in [2.24, 2.45) is 0 Å². The smallest absolute Gasteiger partial charge is 0.322 e. The van der Waals surface area contributed by atoms with E-state index in [0.29, 0.717) is 12.8 Å². The summed E-state index contributed by atoms with van der Waals surface area (Å²) in [5.74, 6) is -0.152. The number of rotatable bonds is 1. The molecule has 1 aromatic rings. The molecule has 2 fully saturated rings. The molecule has 0 unspecified atom stereocenters. The maximum absolute atomic E-state index is 12.2. The Morgan fingerprint density at radius 1 is 1.09 bits per heavy atom. The topological polar surface area (TPSA) is 58.2 Å². The normalized spacial score (nSPS) is 32.4. The van der Waals surface area contributed by atoms with Gasteiger partial charge in [0.1, 0.15) is 5.54 Å². The van der Waals surface area contributed by atoms with Crippen molar-refractivity contribution in [3.05, 3.63) is 41.0 Å². The molecule has 4 nitrogen and oxygen atoms in total. The molecule has 0 radical (unpaired) electrons. The lowest BCUT2D eigenvalue weighted by molar-refractivity contribution is -0.125. The summed E-state index contributed by atoms with van der Waals surface area (Å²) in [6, 6.07) is 8.34. The first-order valence-electron chi connectivity index (χ1n) is 8.46. The third kappa shape index (κ3) is 1.78. The summed E-state index contributed by atoms with van der Waals surface area (Å²) in [6.07, 6.45) is 4.26. The number of amides is 3. The van der Waals surface area contributed by atoms with Crippen LogP contribution in [0.1, 0.15) is 57.1 Å². The third-order valence-corrected chi connectivity index (χ3v) is 6.26. The number of fused-ring (bicyclic) bond motifs is 2. The first-order chi connectivity index (χ1) is 11.0. The second-order valence-electron chi connectivity index (χ2n) is 7.08. The molecule has 4 heteroatoms. The van der Waals surface area contributed by atoms with Gasteiger partial charge in [-0.2, -0.15) is 0 Å². The Labute approximate surface area is 136 Å². The van der Waals surface area contributed by atoms with Crippen molar-refractivity contribution in [1.82, 2.24) is 10.6 Å². The van der Waals surface area contributed by atoms with Gasteiger partial charge < -0.3 is 5.32 Å². The van der Waals surface area contributed by atoms with Crippen LogP contribution in [0.2, 0.25) is 0 Å². The summed E-state index contributed by atoms with van der Waals surface area (Å²) in [6.45, 7) is 4.47. The number of urea groups is 1. The van der Waals surface area contributed by atoms with Crippen molar-refractivity contribution in [1.29, 1.82) is 0 Å². The van der Waals surface area contributed by atoms with Crippen LogP contribution in [-0.2, 0) is 10.2 Å².